The van der Waals surface area contributed by atoms with Crippen LogP contribution in [0.5, 0.6) is 5.75 Å². The number of fused-ring (bicyclic) bond motifs is 1. The molecule has 0 radical (unpaired) electrons. The van der Waals surface area contributed by atoms with Crippen molar-refractivity contribution in [2.45, 2.75) is 45.8 Å². The fraction of sp³-hybridized carbons (Fsp3) is 0.182. The summed E-state index contributed by atoms with van der Waals surface area (Å²) in [5.74, 6) is 0.970. The van der Waals surface area contributed by atoms with Crippen molar-refractivity contribution in [3.8, 4) is 61.8 Å². The van der Waals surface area contributed by atoms with Gasteiger partial charge in [-0.05, 0) is 75.2 Å². The molecule has 5 heteroatoms. The van der Waals surface area contributed by atoms with E-state index in [2.05, 4.69) is 154 Å². The van der Waals surface area contributed by atoms with Crippen LogP contribution in [-0.2, 0) is 12.5 Å². The number of nitrogens with zero attached hydrogens (tertiary/aromatic N) is 3. The molecule has 0 aliphatic carbocycles. The lowest BCUT2D eigenvalue weighted by Gasteiger charge is -2.20. The standard InChI is InChI=1S/C44H43N3OSi/c1-44(2,3)35-20-23-41(48)38(28-35)43-46-42-37(12-9-13-40(42)47(43)4)33-10-8-11-34(26-33)39-27-32(24-25-45-39)31-16-14-29(15-17-31)30-18-21-36(22-19-30)49(5,6)7/h8-28,48H,1-7H3. The van der Waals surface area contributed by atoms with Crippen LogP contribution < -0.4 is 5.19 Å². The predicted octanol–water partition coefficient (Wildman–Crippen LogP) is 10.9. The molecule has 2 aromatic heterocycles. The number of aromatic hydroxyl groups is 1. The van der Waals surface area contributed by atoms with Crippen molar-refractivity contribution in [2.24, 2.45) is 7.05 Å². The maximum atomic E-state index is 10.9. The zero-order valence-electron chi connectivity index (χ0n) is 29.4. The molecule has 0 saturated carbocycles. The summed E-state index contributed by atoms with van der Waals surface area (Å²) < 4.78 is 2.07. The van der Waals surface area contributed by atoms with Crippen molar-refractivity contribution in [2.75, 3.05) is 0 Å². The normalized spacial score (nSPS) is 12.1. The Morgan fingerprint density at radius 1 is 0.612 bits per heavy atom. The summed E-state index contributed by atoms with van der Waals surface area (Å²) in [6.07, 6.45) is 1.89. The highest BCUT2D eigenvalue weighted by atomic mass is 28.3. The highest BCUT2D eigenvalue weighted by Gasteiger charge is 2.21. The quantitative estimate of drug-likeness (QED) is 0.181. The van der Waals surface area contributed by atoms with Crippen LogP contribution in [-0.4, -0.2) is 27.7 Å². The fourth-order valence-electron chi connectivity index (χ4n) is 6.50. The minimum Gasteiger partial charge on any atom is -0.507 e. The van der Waals surface area contributed by atoms with E-state index in [-0.39, 0.29) is 11.2 Å². The Morgan fingerprint density at radius 3 is 1.92 bits per heavy atom. The molecule has 0 saturated heterocycles. The number of hydrogen-bond donors (Lipinski definition) is 1. The molecule has 5 aromatic carbocycles. The monoisotopic (exact) mass is 657 g/mol. The first-order chi connectivity index (χ1) is 23.4. The van der Waals surface area contributed by atoms with Crippen molar-refractivity contribution in [3.63, 3.8) is 0 Å². The van der Waals surface area contributed by atoms with Gasteiger partial charge in [-0.3, -0.25) is 4.98 Å². The van der Waals surface area contributed by atoms with Crippen LogP contribution in [0.2, 0.25) is 19.6 Å². The third-order valence-electron chi connectivity index (χ3n) is 9.55. The lowest BCUT2D eigenvalue weighted by molar-refractivity contribution is 0.475. The Balaban J connectivity index is 1.20. The van der Waals surface area contributed by atoms with Crippen LogP contribution in [0.4, 0.5) is 0 Å². The second kappa shape index (κ2) is 12.3. The third-order valence-corrected chi connectivity index (χ3v) is 11.6. The number of para-hydroxylation sites is 1. The summed E-state index contributed by atoms with van der Waals surface area (Å²) >= 11 is 0. The van der Waals surface area contributed by atoms with Gasteiger partial charge in [0, 0.05) is 24.4 Å². The van der Waals surface area contributed by atoms with Gasteiger partial charge in [0.15, 0.2) is 0 Å². The van der Waals surface area contributed by atoms with Gasteiger partial charge in [-0.2, -0.15) is 0 Å². The van der Waals surface area contributed by atoms with Gasteiger partial charge in [0.1, 0.15) is 11.6 Å². The van der Waals surface area contributed by atoms with Crippen molar-refractivity contribution in [3.05, 3.63) is 133 Å². The Morgan fingerprint density at radius 2 is 1.24 bits per heavy atom. The summed E-state index contributed by atoms with van der Waals surface area (Å²) in [4.78, 5) is 9.91. The smallest absolute Gasteiger partial charge is 0.144 e. The second-order valence-corrected chi connectivity index (χ2v) is 20.1. The summed E-state index contributed by atoms with van der Waals surface area (Å²) in [7, 11) is 0.693. The van der Waals surface area contributed by atoms with E-state index >= 15 is 0 Å². The number of rotatable bonds is 6. The largest absolute Gasteiger partial charge is 0.507 e. The molecule has 0 bridgehead atoms. The molecule has 2 heterocycles. The van der Waals surface area contributed by atoms with Crippen LogP contribution in [0.25, 0.3) is 67.1 Å². The van der Waals surface area contributed by atoms with Crippen molar-refractivity contribution >= 4 is 24.3 Å². The molecule has 0 aliphatic rings. The molecule has 0 atom stereocenters. The van der Waals surface area contributed by atoms with E-state index in [4.69, 9.17) is 9.97 Å². The third kappa shape index (κ3) is 6.34. The van der Waals surface area contributed by atoms with E-state index in [1.54, 1.807) is 6.07 Å². The molecule has 0 unspecified atom stereocenters. The number of phenolic OH excluding ortho intramolecular Hbond substituents is 1. The van der Waals surface area contributed by atoms with Gasteiger partial charge in [0.25, 0.3) is 0 Å². The number of hydrogen-bond acceptors (Lipinski definition) is 3. The van der Waals surface area contributed by atoms with Crippen LogP contribution in [0.1, 0.15) is 26.3 Å². The lowest BCUT2D eigenvalue weighted by Crippen LogP contribution is -2.37. The van der Waals surface area contributed by atoms with Crippen molar-refractivity contribution < 1.29 is 5.11 Å². The minimum atomic E-state index is -1.32. The molecule has 7 aromatic rings. The van der Waals surface area contributed by atoms with E-state index in [9.17, 15) is 5.11 Å². The minimum absolute atomic E-state index is 0.0482. The van der Waals surface area contributed by atoms with Gasteiger partial charge in [-0.15, -0.1) is 0 Å². The van der Waals surface area contributed by atoms with E-state index < -0.39 is 8.07 Å². The topological polar surface area (TPSA) is 50.9 Å². The zero-order chi connectivity index (χ0) is 34.5. The number of pyridine rings is 1. The Bertz CT molecular complexity index is 2300. The van der Waals surface area contributed by atoms with Crippen molar-refractivity contribution in [1.29, 1.82) is 0 Å². The first-order valence-corrected chi connectivity index (χ1v) is 20.4. The molecule has 0 fully saturated rings. The lowest BCUT2D eigenvalue weighted by atomic mass is 9.86. The number of benzene rings is 5. The first kappa shape index (κ1) is 32.3. The predicted molar refractivity (Wildman–Crippen MR) is 209 cm³/mol. The number of aromatic nitrogens is 3. The van der Waals surface area contributed by atoms with Crippen LogP contribution in [0.3, 0.4) is 0 Å². The molecule has 0 aliphatic heterocycles. The van der Waals surface area contributed by atoms with Crippen LogP contribution in [0.15, 0.2) is 128 Å². The Kier molecular flexibility index (Phi) is 8.12. The maximum absolute atomic E-state index is 10.9. The van der Waals surface area contributed by atoms with Gasteiger partial charge in [0.2, 0.25) is 0 Å². The molecular weight excluding hydrogens is 615 g/mol. The molecule has 49 heavy (non-hydrogen) atoms. The summed E-state index contributed by atoms with van der Waals surface area (Å²) in [6, 6.07) is 42.8. The summed E-state index contributed by atoms with van der Waals surface area (Å²) in [5, 5.41) is 12.4. The zero-order valence-corrected chi connectivity index (χ0v) is 30.4. The second-order valence-electron chi connectivity index (χ2n) is 15.1. The van der Waals surface area contributed by atoms with E-state index in [0.29, 0.717) is 0 Å². The average Bonchev–Trinajstić information content (AvgIpc) is 3.44. The average molecular weight is 658 g/mol. The van der Waals surface area contributed by atoms with Crippen molar-refractivity contribution in [1.82, 2.24) is 14.5 Å². The molecule has 4 nitrogen and oxygen atoms in total. The molecule has 0 spiro atoms. The molecule has 1 N–H and O–H groups in total. The Labute approximate surface area is 290 Å². The maximum Gasteiger partial charge on any atom is 0.144 e. The highest BCUT2D eigenvalue weighted by Crippen LogP contribution is 2.38. The molecule has 0 amide bonds. The summed E-state index contributed by atoms with van der Waals surface area (Å²) in [6.45, 7) is 13.7. The molecule has 244 valence electrons. The van der Waals surface area contributed by atoms with E-state index in [1.165, 1.54) is 16.3 Å². The summed E-state index contributed by atoms with van der Waals surface area (Å²) in [5.41, 5.74) is 12.6. The van der Waals surface area contributed by atoms with E-state index in [0.717, 1.165) is 61.5 Å². The van der Waals surface area contributed by atoms with E-state index in [1.807, 2.05) is 19.3 Å². The first-order valence-electron chi connectivity index (χ1n) is 16.9. The number of imidazole rings is 1. The highest BCUT2D eigenvalue weighted by molar-refractivity contribution is 6.88. The van der Waals surface area contributed by atoms with Gasteiger partial charge < -0.3 is 9.67 Å². The fourth-order valence-corrected chi connectivity index (χ4v) is 7.67. The van der Waals surface area contributed by atoms with Gasteiger partial charge in [-0.1, -0.05) is 131 Å². The number of phenols is 1. The Hall–Kier alpha value is -5.26. The van der Waals surface area contributed by atoms with Gasteiger partial charge in [0.05, 0.1) is 30.4 Å². The van der Waals surface area contributed by atoms with Gasteiger partial charge >= 0.3 is 0 Å². The SMILES string of the molecule is Cn1c(-c2cc(C(C)(C)C)ccc2O)nc2c(-c3cccc(-c4cc(-c5ccc(-c6ccc([Si](C)(C)C)cc6)cc5)ccn4)c3)cccc21. The molecule has 7 rings (SSSR count). The van der Waals surface area contributed by atoms with Gasteiger partial charge in [-0.25, -0.2) is 4.98 Å². The van der Waals surface area contributed by atoms with Crippen LogP contribution >= 0.6 is 0 Å². The molecular formula is C44H43N3OSi. The van der Waals surface area contributed by atoms with Crippen LogP contribution in [0, 0.1) is 0 Å². The number of aryl methyl sites for hydroxylation is 1.